The highest BCUT2D eigenvalue weighted by molar-refractivity contribution is 7.12. The zero-order chi connectivity index (χ0) is 12.3. The number of ether oxygens (including phenoxy) is 1. The van der Waals surface area contributed by atoms with E-state index in [4.69, 9.17) is 4.74 Å². The normalized spacial score (nSPS) is 26.3. The van der Waals surface area contributed by atoms with Gasteiger partial charge >= 0.3 is 0 Å². The maximum Gasteiger partial charge on any atom is 0.0857 e. The number of thiophene rings is 1. The molecule has 0 aromatic carbocycles. The Hall–Kier alpha value is -0.380. The smallest absolute Gasteiger partial charge is 0.0857 e. The molecule has 2 rings (SSSR count). The van der Waals surface area contributed by atoms with E-state index in [1.807, 2.05) is 11.3 Å². The average molecular weight is 253 g/mol. The van der Waals surface area contributed by atoms with Crippen molar-refractivity contribution in [2.75, 3.05) is 13.2 Å². The first-order valence-electron chi connectivity index (χ1n) is 6.59. The third-order valence-electron chi connectivity index (χ3n) is 3.50. The second-order valence-corrected chi connectivity index (χ2v) is 6.42. The molecule has 1 aromatic heterocycles. The lowest BCUT2D eigenvalue weighted by atomic mass is 9.91. The molecular weight excluding hydrogens is 230 g/mol. The number of hydrogen-bond donors (Lipinski definition) is 1. The lowest BCUT2D eigenvalue weighted by Crippen LogP contribution is -2.41. The van der Waals surface area contributed by atoms with Gasteiger partial charge in [0, 0.05) is 16.4 Å². The second kappa shape index (κ2) is 5.51. The molecular formula is C14H23NOS. The molecule has 2 unspecified atom stereocenters. The van der Waals surface area contributed by atoms with Gasteiger partial charge in [-0.2, -0.15) is 0 Å². The Morgan fingerprint density at radius 3 is 2.88 bits per heavy atom. The van der Waals surface area contributed by atoms with E-state index in [1.165, 1.54) is 16.2 Å². The van der Waals surface area contributed by atoms with Crippen molar-refractivity contribution < 1.29 is 4.74 Å². The fourth-order valence-corrected chi connectivity index (χ4v) is 3.64. The molecule has 3 heteroatoms. The quantitative estimate of drug-likeness (QED) is 0.864. The molecule has 17 heavy (non-hydrogen) atoms. The highest BCUT2D eigenvalue weighted by Gasteiger charge is 2.39. The Bertz CT molecular complexity index is 355. The highest BCUT2D eigenvalue weighted by atomic mass is 32.1. The average Bonchev–Trinajstić information content (AvgIpc) is 2.89. The molecule has 0 saturated carbocycles. The standard InChI is InChI=1S/C14H23NOS/c1-4-9-15-13(12-7-6-11(2)17-12)14(3)8-5-10-16-14/h6-7,13,15H,4-5,8-10H2,1-3H3. The van der Waals surface area contributed by atoms with Gasteiger partial charge in [0.15, 0.2) is 0 Å². The Morgan fingerprint density at radius 2 is 2.35 bits per heavy atom. The molecule has 2 atom stereocenters. The molecule has 1 saturated heterocycles. The number of aryl methyl sites for hydroxylation is 1. The van der Waals surface area contributed by atoms with E-state index in [2.05, 4.69) is 38.2 Å². The Labute approximate surface area is 108 Å². The minimum atomic E-state index is -0.0214. The Kier molecular flexibility index (Phi) is 4.23. The summed E-state index contributed by atoms with van der Waals surface area (Å²) in [5.74, 6) is 0. The fraction of sp³-hybridized carbons (Fsp3) is 0.714. The van der Waals surface area contributed by atoms with Crippen LogP contribution in [0.5, 0.6) is 0 Å². The van der Waals surface area contributed by atoms with Gasteiger partial charge in [-0.05, 0) is 51.8 Å². The van der Waals surface area contributed by atoms with Crippen LogP contribution in [0.15, 0.2) is 12.1 Å². The molecule has 1 fully saturated rings. The summed E-state index contributed by atoms with van der Waals surface area (Å²) < 4.78 is 6.01. The molecule has 1 aliphatic heterocycles. The van der Waals surface area contributed by atoms with Crippen LogP contribution >= 0.6 is 11.3 Å². The zero-order valence-electron chi connectivity index (χ0n) is 11.1. The Balaban J connectivity index is 2.18. The van der Waals surface area contributed by atoms with E-state index in [-0.39, 0.29) is 5.60 Å². The van der Waals surface area contributed by atoms with Crippen molar-refractivity contribution in [2.24, 2.45) is 0 Å². The second-order valence-electron chi connectivity index (χ2n) is 5.10. The third kappa shape index (κ3) is 2.90. The molecule has 2 nitrogen and oxygen atoms in total. The molecule has 1 N–H and O–H groups in total. The summed E-state index contributed by atoms with van der Waals surface area (Å²) in [5.41, 5.74) is -0.0214. The van der Waals surface area contributed by atoms with Crippen molar-refractivity contribution in [3.63, 3.8) is 0 Å². The van der Waals surface area contributed by atoms with Gasteiger partial charge in [0.1, 0.15) is 0 Å². The summed E-state index contributed by atoms with van der Waals surface area (Å²) in [4.78, 5) is 2.80. The van der Waals surface area contributed by atoms with Crippen molar-refractivity contribution in [3.8, 4) is 0 Å². The Morgan fingerprint density at radius 1 is 1.53 bits per heavy atom. The maximum atomic E-state index is 6.01. The predicted octanol–water partition coefficient (Wildman–Crippen LogP) is 3.67. The van der Waals surface area contributed by atoms with Crippen molar-refractivity contribution in [3.05, 3.63) is 21.9 Å². The lowest BCUT2D eigenvalue weighted by molar-refractivity contribution is -0.0115. The summed E-state index contributed by atoms with van der Waals surface area (Å²) in [6.45, 7) is 8.60. The van der Waals surface area contributed by atoms with E-state index in [0.29, 0.717) is 6.04 Å². The monoisotopic (exact) mass is 253 g/mol. The van der Waals surface area contributed by atoms with Crippen molar-refractivity contribution in [1.82, 2.24) is 5.32 Å². The molecule has 0 amide bonds. The summed E-state index contributed by atoms with van der Waals surface area (Å²) in [6.07, 6.45) is 3.51. The van der Waals surface area contributed by atoms with E-state index >= 15 is 0 Å². The van der Waals surface area contributed by atoms with Crippen LogP contribution in [-0.4, -0.2) is 18.8 Å². The van der Waals surface area contributed by atoms with Gasteiger partial charge in [-0.1, -0.05) is 6.92 Å². The molecule has 1 aromatic rings. The van der Waals surface area contributed by atoms with Crippen molar-refractivity contribution in [1.29, 1.82) is 0 Å². The van der Waals surface area contributed by atoms with Crippen LogP contribution in [-0.2, 0) is 4.74 Å². The largest absolute Gasteiger partial charge is 0.373 e. The van der Waals surface area contributed by atoms with E-state index in [9.17, 15) is 0 Å². The van der Waals surface area contributed by atoms with E-state index < -0.39 is 0 Å². The summed E-state index contributed by atoms with van der Waals surface area (Å²) >= 11 is 1.89. The highest BCUT2D eigenvalue weighted by Crippen LogP contribution is 2.39. The molecule has 1 aliphatic rings. The minimum Gasteiger partial charge on any atom is -0.373 e. The number of nitrogens with one attached hydrogen (secondary N) is 1. The molecule has 0 aliphatic carbocycles. The molecule has 2 heterocycles. The summed E-state index contributed by atoms with van der Waals surface area (Å²) in [6, 6.07) is 4.81. The summed E-state index contributed by atoms with van der Waals surface area (Å²) in [7, 11) is 0. The first kappa shape index (κ1) is 13.1. The topological polar surface area (TPSA) is 21.3 Å². The fourth-order valence-electron chi connectivity index (χ4n) is 2.54. The molecule has 0 bridgehead atoms. The number of rotatable bonds is 5. The maximum absolute atomic E-state index is 6.01. The van der Waals surface area contributed by atoms with Crippen LogP contribution in [0.4, 0.5) is 0 Å². The van der Waals surface area contributed by atoms with Gasteiger partial charge in [-0.25, -0.2) is 0 Å². The van der Waals surface area contributed by atoms with Gasteiger partial charge in [0.2, 0.25) is 0 Å². The van der Waals surface area contributed by atoms with Crippen molar-refractivity contribution in [2.45, 2.75) is 51.7 Å². The first-order valence-corrected chi connectivity index (χ1v) is 7.41. The van der Waals surface area contributed by atoms with E-state index in [1.54, 1.807) is 0 Å². The zero-order valence-corrected chi connectivity index (χ0v) is 11.9. The number of hydrogen-bond acceptors (Lipinski definition) is 3. The molecule has 0 spiro atoms. The summed E-state index contributed by atoms with van der Waals surface area (Å²) in [5, 5.41) is 3.67. The van der Waals surface area contributed by atoms with Crippen molar-refractivity contribution >= 4 is 11.3 Å². The SMILES string of the molecule is CCCNC(c1ccc(C)s1)C1(C)CCCO1. The van der Waals surface area contributed by atoms with Crippen LogP contribution < -0.4 is 5.32 Å². The predicted molar refractivity (Wildman–Crippen MR) is 73.7 cm³/mol. The molecule has 96 valence electrons. The van der Waals surface area contributed by atoms with Crippen LogP contribution in [0.25, 0.3) is 0 Å². The van der Waals surface area contributed by atoms with Crippen LogP contribution in [0.3, 0.4) is 0 Å². The molecule has 0 radical (unpaired) electrons. The van der Waals surface area contributed by atoms with Crippen LogP contribution in [0.1, 0.15) is 48.9 Å². The van der Waals surface area contributed by atoms with Gasteiger partial charge in [0.05, 0.1) is 11.6 Å². The van der Waals surface area contributed by atoms with Crippen LogP contribution in [0.2, 0.25) is 0 Å². The van der Waals surface area contributed by atoms with Gasteiger partial charge in [0.25, 0.3) is 0 Å². The van der Waals surface area contributed by atoms with Gasteiger partial charge in [-0.15, -0.1) is 11.3 Å². The van der Waals surface area contributed by atoms with Gasteiger partial charge in [-0.3, -0.25) is 0 Å². The third-order valence-corrected chi connectivity index (χ3v) is 4.57. The van der Waals surface area contributed by atoms with Gasteiger partial charge < -0.3 is 10.1 Å². The minimum absolute atomic E-state index is 0.0214. The lowest BCUT2D eigenvalue weighted by Gasteiger charge is -2.33. The first-order chi connectivity index (χ1) is 8.15. The van der Waals surface area contributed by atoms with Crippen LogP contribution in [0, 0.1) is 6.92 Å². The van der Waals surface area contributed by atoms with E-state index in [0.717, 1.165) is 26.0 Å².